The second-order valence-electron chi connectivity index (χ2n) is 8.18. The number of rotatable bonds is 4. The Kier molecular flexibility index (Phi) is 9.17. The zero-order valence-corrected chi connectivity index (χ0v) is 13.8. The molecule has 0 atom stereocenters. The zero-order chi connectivity index (χ0) is 14.4. The van der Waals surface area contributed by atoms with Crippen LogP contribution < -0.4 is 0 Å². The fourth-order valence-corrected chi connectivity index (χ4v) is 4.35. The average molecular weight is 324 g/mol. The van der Waals surface area contributed by atoms with Crippen molar-refractivity contribution in [3.05, 3.63) is 0 Å². The van der Waals surface area contributed by atoms with Gasteiger partial charge >= 0.3 is 0 Å². The minimum atomic E-state index is -3.14. The summed E-state index contributed by atoms with van der Waals surface area (Å²) in [7, 11) is -3.14. The van der Waals surface area contributed by atoms with Gasteiger partial charge in [0.1, 0.15) is 0 Å². The van der Waals surface area contributed by atoms with Crippen molar-refractivity contribution in [1.29, 1.82) is 0 Å². The van der Waals surface area contributed by atoms with Gasteiger partial charge in [-0.1, -0.05) is 43.1 Å². The SMILES string of the molecule is C.C.C.CC(C)(C)CC1(CN(C(C)(C)C)S(C)(=O)=O)CC1. The van der Waals surface area contributed by atoms with Crippen LogP contribution in [-0.4, -0.2) is 31.1 Å². The van der Waals surface area contributed by atoms with Crippen LogP contribution in [0, 0.1) is 10.8 Å². The van der Waals surface area contributed by atoms with E-state index in [-0.39, 0.29) is 38.6 Å². The number of hydrogen-bond donors (Lipinski definition) is 0. The maximum Gasteiger partial charge on any atom is 0.211 e. The first kappa shape index (κ1) is 25.8. The van der Waals surface area contributed by atoms with E-state index >= 15 is 0 Å². The molecule has 1 aliphatic rings. The van der Waals surface area contributed by atoms with Crippen molar-refractivity contribution >= 4 is 10.0 Å². The second-order valence-corrected chi connectivity index (χ2v) is 10.1. The standard InChI is InChI=1S/C14H29NO2S.3CH4/c1-12(2,3)10-14(8-9-14)11-15(13(4,5)6)18(7,16)17;;;/h8-11H2,1-7H3;3*1H4. The van der Waals surface area contributed by atoms with Crippen LogP contribution in [0.25, 0.3) is 0 Å². The Morgan fingerprint density at radius 1 is 0.952 bits per heavy atom. The van der Waals surface area contributed by atoms with Gasteiger partial charge in [0.05, 0.1) is 6.26 Å². The lowest BCUT2D eigenvalue weighted by Crippen LogP contribution is -2.48. The highest BCUT2D eigenvalue weighted by atomic mass is 32.2. The Labute approximate surface area is 135 Å². The van der Waals surface area contributed by atoms with Crippen LogP contribution in [0.2, 0.25) is 0 Å². The Balaban J connectivity index is -0.00000108. The molecule has 0 saturated heterocycles. The third-order valence-electron chi connectivity index (χ3n) is 3.49. The fourth-order valence-electron chi connectivity index (χ4n) is 2.85. The lowest BCUT2D eigenvalue weighted by molar-refractivity contribution is 0.174. The molecular formula is C17H41NO2S. The Bertz CT molecular complexity index is 395. The quantitative estimate of drug-likeness (QED) is 0.715. The lowest BCUT2D eigenvalue weighted by atomic mass is 9.82. The van der Waals surface area contributed by atoms with Crippen molar-refractivity contribution < 1.29 is 8.42 Å². The van der Waals surface area contributed by atoms with E-state index in [9.17, 15) is 8.42 Å². The molecule has 0 spiro atoms. The molecule has 0 bridgehead atoms. The highest BCUT2D eigenvalue weighted by Crippen LogP contribution is 2.54. The van der Waals surface area contributed by atoms with Crippen LogP contribution in [0.5, 0.6) is 0 Å². The van der Waals surface area contributed by atoms with Gasteiger partial charge in [-0.15, -0.1) is 0 Å². The Morgan fingerprint density at radius 2 is 1.33 bits per heavy atom. The molecule has 0 aromatic heterocycles. The molecule has 0 aliphatic heterocycles. The number of sulfonamides is 1. The van der Waals surface area contributed by atoms with E-state index in [1.165, 1.54) is 6.26 Å². The third-order valence-corrected chi connectivity index (χ3v) is 4.97. The molecule has 1 saturated carbocycles. The first-order valence-electron chi connectivity index (χ1n) is 6.73. The molecule has 1 aliphatic carbocycles. The van der Waals surface area contributed by atoms with Crippen LogP contribution in [0.4, 0.5) is 0 Å². The van der Waals surface area contributed by atoms with Gasteiger partial charge in [-0.05, 0) is 50.9 Å². The molecule has 4 heteroatoms. The summed E-state index contributed by atoms with van der Waals surface area (Å²) in [5.41, 5.74) is 0.146. The molecule has 0 unspecified atom stereocenters. The molecular weight excluding hydrogens is 282 g/mol. The summed E-state index contributed by atoms with van der Waals surface area (Å²) in [6.07, 6.45) is 4.74. The van der Waals surface area contributed by atoms with E-state index in [2.05, 4.69) is 20.8 Å². The van der Waals surface area contributed by atoms with Crippen molar-refractivity contribution in [3.8, 4) is 0 Å². The van der Waals surface area contributed by atoms with E-state index in [1.54, 1.807) is 4.31 Å². The van der Waals surface area contributed by atoms with Crippen molar-refractivity contribution in [2.24, 2.45) is 10.8 Å². The van der Waals surface area contributed by atoms with Gasteiger partial charge in [0.25, 0.3) is 0 Å². The molecule has 21 heavy (non-hydrogen) atoms. The molecule has 1 fully saturated rings. The van der Waals surface area contributed by atoms with Crippen molar-refractivity contribution in [3.63, 3.8) is 0 Å². The number of hydrogen-bond acceptors (Lipinski definition) is 2. The minimum Gasteiger partial charge on any atom is -0.212 e. The fraction of sp³-hybridized carbons (Fsp3) is 1.00. The van der Waals surface area contributed by atoms with Gasteiger partial charge in [0.2, 0.25) is 10.0 Å². The topological polar surface area (TPSA) is 37.4 Å². The van der Waals surface area contributed by atoms with Crippen molar-refractivity contribution in [2.75, 3.05) is 12.8 Å². The first-order valence-corrected chi connectivity index (χ1v) is 8.58. The van der Waals surface area contributed by atoms with Crippen molar-refractivity contribution in [2.45, 2.75) is 88.6 Å². The normalized spacial score (nSPS) is 17.3. The van der Waals surface area contributed by atoms with Crippen LogP contribution in [-0.2, 0) is 10.0 Å². The highest BCUT2D eigenvalue weighted by molar-refractivity contribution is 7.88. The predicted molar refractivity (Wildman–Crippen MR) is 97.2 cm³/mol. The van der Waals surface area contributed by atoms with Crippen LogP contribution in [0.3, 0.4) is 0 Å². The van der Waals surface area contributed by atoms with Gasteiger partial charge in [-0.3, -0.25) is 0 Å². The summed E-state index contributed by atoms with van der Waals surface area (Å²) in [6.45, 7) is 13.3. The molecule has 132 valence electrons. The smallest absolute Gasteiger partial charge is 0.211 e. The summed E-state index contributed by atoms with van der Waals surface area (Å²) in [5, 5.41) is 0. The lowest BCUT2D eigenvalue weighted by Gasteiger charge is -2.37. The summed E-state index contributed by atoms with van der Waals surface area (Å²) in [5.74, 6) is 0. The van der Waals surface area contributed by atoms with Gasteiger partial charge in [-0.2, -0.15) is 4.31 Å². The molecule has 0 radical (unpaired) electrons. The molecule has 1 rings (SSSR count). The van der Waals surface area contributed by atoms with Gasteiger partial charge in [0, 0.05) is 12.1 Å². The van der Waals surface area contributed by atoms with E-state index in [0.717, 1.165) is 19.3 Å². The largest absolute Gasteiger partial charge is 0.212 e. The summed E-state index contributed by atoms with van der Waals surface area (Å²) < 4.78 is 25.6. The number of nitrogens with zero attached hydrogens (tertiary/aromatic N) is 1. The van der Waals surface area contributed by atoms with Gasteiger partial charge in [-0.25, -0.2) is 8.42 Å². The van der Waals surface area contributed by atoms with Crippen molar-refractivity contribution in [1.82, 2.24) is 4.31 Å². The molecule has 0 aromatic rings. The van der Waals surface area contributed by atoms with Crippen LogP contribution in [0.1, 0.15) is 83.1 Å². The van der Waals surface area contributed by atoms with E-state index in [4.69, 9.17) is 0 Å². The second kappa shape index (κ2) is 7.45. The minimum absolute atomic E-state index is 0. The van der Waals surface area contributed by atoms with Gasteiger partial charge in [0.15, 0.2) is 0 Å². The van der Waals surface area contributed by atoms with E-state index in [0.29, 0.717) is 6.54 Å². The summed E-state index contributed by atoms with van der Waals surface area (Å²) in [6, 6.07) is 0. The zero-order valence-electron chi connectivity index (χ0n) is 13.0. The van der Waals surface area contributed by atoms with Gasteiger partial charge < -0.3 is 0 Å². The first-order chi connectivity index (χ1) is 7.75. The highest BCUT2D eigenvalue weighted by Gasteiger charge is 2.49. The molecule has 3 nitrogen and oxygen atoms in total. The molecule has 0 aromatic carbocycles. The average Bonchev–Trinajstić information content (AvgIpc) is 2.74. The van der Waals surface area contributed by atoms with Crippen LogP contribution in [0.15, 0.2) is 0 Å². The predicted octanol–water partition coefficient (Wildman–Crippen LogP) is 5.17. The maximum absolute atomic E-state index is 12.0. The summed E-state index contributed by atoms with van der Waals surface area (Å²) >= 11 is 0. The summed E-state index contributed by atoms with van der Waals surface area (Å²) in [4.78, 5) is 0. The van der Waals surface area contributed by atoms with Crippen LogP contribution >= 0.6 is 0 Å². The Morgan fingerprint density at radius 3 is 1.52 bits per heavy atom. The third kappa shape index (κ3) is 8.20. The van der Waals surface area contributed by atoms with E-state index in [1.807, 2.05) is 20.8 Å². The molecule has 0 amide bonds. The molecule has 0 heterocycles. The Hall–Kier alpha value is -0.0900. The van der Waals surface area contributed by atoms with E-state index < -0.39 is 10.0 Å². The maximum atomic E-state index is 12.0. The monoisotopic (exact) mass is 323 g/mol. The molecule has 0 N–H and O–H groups in total.